The molecule has 1 nitrogen and oxygen atoms in total. The zero-order valence-electron chi connectivity index (χ0n) is 5.09. The van der Waals surface area contributed by atoms with Gasteiger partial charge in [-0.25, -0.2) is 0 Å². The molecule has 0 saturated heterocycles. The molecule has 0 aliphatic heterocycles. The van der Waals surface area contributed by atoms with Crippen LogP contribution in [-0.2, 0) is 26.2 Å². The molecule has 0 atom stereocenters. The Kier molecular flexibility index (Phi) is 16.0. The first-order valence-corrected chi connectivity index (χ1v) is 2.13. The molecule has 0 radical (unpaired) electrons. The number of benzene rings is 1. The number of phenolic OH excluding ortho intramolecular Hbond substituents is 1. The molecule has 0 bridgehead atoms. The van der Waals surface area contributed by atoms with E-state index in [1.54, 1.807) is 24.3 Å². The Bertz CT molecular complexity index is 146. The monoisotopic (exact) mass is 254 g/mol. The summed E-state index contributed by atoms with van der Waals surface area (Å²) in [5, 5.41) is 8.63. The van der Waals surface area contributed by atoms with Gasteiger partial charge in [0.2, 0.25) is 0 Å². The van der Waals surface area contributed by atoms with Crippen LogP contribution in [0.2, 0.25) is 0 Å². The third kappa shape index (κ3) is 6.60. The van der Waals surface area contributed by atoms with Crippen LogP contribution < -0.4 is 24.8 Å². The molecule has 1 aromatic carbocycles. The van der Waals surface area contributed by atoms with Gasteiger partial charge in [0.1, 0.15) is 5.75 Å². The fraction of sp³-hybridized carbons (Fsp3) is 0. The van der Waals surface area contributed by atoms with E-state index in [0.717, 1.165) is 0 Å². The second kappa shape index (κ2) is 9.48. The molecule has 0 amide bonds. The van der Waals surface area contributed by atoms with Gasteiger partial charge in [0, 0.05) is 0 Å². The molecule has 1 rings (SSSR count). The van der Waals surface area contributed by atoms with Crippen LogP contribution in [0.15, 0.2) is 30.3 Å². The van der Waals surface area contributed by atoms with Gasteiger partial charge in [0.25, 0.3) is 0 Å². The van der Waals surface area contributed by atoms with E-state index in [9.17, 15) is 0 Å². The minimum atomic E-state index is 0. The summed E-state index contributed by atoms with van der Waals surface area (Å²) in [4.78, 5) is 0. The number of rotatable bonds is 0. The molecule has 0 aliphatic carbocycles. The first-order chi connectivity index (χ1) is 3.39. The fourth-order valence-corrected chi connectivity index (χ4v) is 0.428. The number of para-hydroxylation sites is 1. The summed E-state index contributed by atoms with van der Waals surface area (Å²) in [6.45, 7) is 0. The van der Waals surface area contributed by atoms with Crippen molar-refractivity contribution in [2.45, 2.75) is 0 Å². The van der Waals surface area contributed by atoms with Gasteiger partial charge >= 0.3 is 26.2 Å². The Morgan fingerprint density at radius 3 is 1.50 bits per heavy atom. The Labute approximate surface area is 91.8 Å². The molecule has 1 aromatic rings. The molecule has 0 spiro atoms. The zero-order valence-corrected chi connectivity index (χ0v) is 9.06. The van der Waals surface area contributed by atoms with Crippen molar-refractivity contribution < 1.29 is 56.1 Å². The van der Waals surface area contributed by atoms with Gasteiger partial charge in [0.05, 0.1) is 0 Å². The smallest absolute Gasteiger partial charge is 1.00 e. The molecule has 0 aromatic heterocycles. The number of halogens is 2. The largest absolute Gasteiger partial charge is 2.00 e. The molecular weight excluding hydrogens is 250 g/mol. The molecule has 0 heterocycles. The van der Waals surface area contributed by atoms with Crippen LogP contribution in [0, 0.1) is 0 Å². The second-order valence-electron chi connectivity index (χ2n) is 1.34. The van der Waals surface area contributed by atoms with E-state index in [4.69, 9.17) is 5.11 Å². The Balaban J connectivity index is -0.000000163. The third-order valence-electron chi connectivity index (χ3n) is 0.756. The third-order valence-corrected chi connectivity index (χ3v) is 0.756. The van der Waals surface area contributed by atoms with Gasteiger partial charge < -0.3 is 29.9 Å². The minimum absolute atomic E-state index is 0. The van der Waals surface area contributed by atoms with Crippen molar-refractivity contribution in [2.24, 2.45) is 0 Å². The Morgan fingerprint density at radius 2 is 1.30 bits per heavy atom. The molecule has 54 valence electrons. The normalized spacial score (nSPS) is 6.00. The van der Waals surface area contributed by atoms with Crippen LogP contribution in [0.1, 0.15) is 0 Å². The van der Waals surface area contributed by atoms with Gasteiger partial charge in [-0.05, 0) is 12.1 Å². The molecule has 1 N–H and O–H groups in total. The average Bonchev–Trinajstić information content (AvgIpc) is 1.69. The van der Waals surface area contributed by atoms with Crippen molar-refractivity contribution in [3.63, 3.8) is 0 Å². The van der Waals surface area contributed by atoms with Gasteiger partial charge in [0.15, 0.2) is 0 Å². The standard InChI is InChI=1S/C6H6O.2ClH.Zr/c7-6-4-2-1-3-5-6;;;/h1-5,7H;2*1H;/q;;;+2/p-2. The van der Waals surface area contributed by atoms with E-state index in [0.29, 0.717) is 5.75 Å². The maximum Gasteiger partial charge on any atom is 2.00 e. The molecular formula is C6H6Cl2OZr. The number of phenols is 1. The second-order valence-corrected chi connectivity index (χ2v) is 1.34. The number of hydrogen-bond acceptors (Lipinski definition) is 1. The van der Waals surface area contributed by atoms with Crippen LogP contribution in [-0.4, -0.2) is 5.11 Å². The molecule has 0 aliphatic rings. The van der Waals surface area contributed by atoms with E-state index >= 15 is 0 Å². The van der Waals surface area contributed by atoms with Crippen molar-refractivity contribution in [1.82, 2.24) is 0 Å². The topological polar surface area (TPSA) is 20.2 Å². The Morgan fingerprint density at radius 1 is 0.900 bits per heavy atom. The SMILES string of the molecule is Oc1ccccc1.[Cl-].[Cl-].[Zr+2]. The Hall–Kier alpha value is 0.483. The predicted molar refractivity (Wildman–Crippen MR) is 28.1 cm³/mol. The molecule has 0 saturated carbocycles. The molecule has 0 unspecified atom stereocenters. The summed E-state index contributed by atoms with van der Waals surface area (Å²) < 4.78 is 0. The average molecular weight is 256 g/mol. The molecule has 10 heavy (non-hydrogen) atoms. The van der Waals surface area contributed by atoms with Gasteiger partial charge in [-0.1, -0.05) is 18.2 Å². The van der Waals surface area contributed by atoms with Gasteiger partial charge in [-0.2, -0.15) is 0 Å². The van der Waals surface area contributed by atoms with Crippen molar-refractivity contribution in [1.29, 1.82) is 0 Å². The number of hydrogen-bond donors (Lipinski definition) is 1. The first-order valence-electron chi connectivity index (χ1n) is 2.13. The van der Waals surface area contributed by atoms with Gasteiger partial charge in [-0.15, -0.1) is 0 Å². The van der Waals surface area contributed by atoms with Crippen molar-refractivity contribution in [3.05, 3.63) is 30.3 Å². The van der Waals surface area contributed by atoms with Crippen LogP contribution >= 0.6 is 0 Å². The van der Waals surface area contributed by atoms with Crippen LogP contribution in [0.3, 0.4) is 0 Å². The zero-order chi connectivity index (χ0) is 5.11. The fourth-order valence-electron chi connectivity index (χ4n) is 0.428. The summed E-state index contributed by atoms with van der Waals surface area (Å²) >= 11 is 0. The van der Waals surface area contributed by atoms with E-state index in [-0.39, 0.29) is 51.0 Å². The van der Waals surface area contributed by atoms with E-state index in [1.807, 2.05) is 6.07 Å². The van der Waals surface area contributed by atoms with Crippen LogP contribution in [0.5, 0.6) is 5.75 Å². The van der Waals surface area contributed by atoms with Crippen molar-refractivity contribution >= 4 is 0 Å². The van der Waals surface area contributed by atoms with Crippen LogP contribution in [0.25, 0.3) is 0 Å². The summed E-state index contributed by atoms with van der Waals surface area (Å²) in [6, 6.07) is 8.71. The van der Waals surface area contributed by atoms with E-state index in [1.165, 1.54) is 0 Å². The summed E-state index contributed by atoms with van der Waals surface area (Å²) in [5.41, 5.74) is 0. The predicted octanol–water partition coefficient (Wildman–Crippen LogP) is -4.60. The first kappa shape index (κ1) is 16.8. The maximum absolute atomic E-state index is 8.63. The van der Waals surface area contributed by atoms with Crippen molar-refractivity contribution in [2.75, 3.05) is 0 Å². The molecule has 4 heteroatoms. The summed E-state index contributed by atoms with van der Waals surface area (Å²) in [5.74, 6) is 0.322. The quantitative estimate of drug-likeness (QED) is 0.495. The summed E-state index contributed by atoms with van der Waals surface area (Å²) in [6.07, 6.45) is 0. The minimum Gasteiger partial charge on any atom is -1.00 e. The summed E-state index contributed by atoms with van der Waals surface area (Å²) in [7, 11) is 0. The van der Waals surface area contributed by atoms with Crippen molar-refractivity contribution in [3.8, 4) is 5.75 Å². The maximum atomic E-state index is 8.63. The van der Waals surface area contributed by atoms with Gasteiger partial charge in [-0.3, -0.25) is 0 Å². The van der Waals surface area contributed by atoms with Crippen LogP contribution in [0.4, 0.5) is 0 Å². The van der Waals surface area contributed by atoms with E-state index in [2.05, 4.69) is 0 Å². The molecule has 0 fully saturated rings. The number of aromatic hydroxyl groups is 1. The van der Waals surface area contributed by atoms with E-state index < -0.39 is 0 Å².